The summed E-state index contributed by atoms with van der Waals surface area (Å²) in [6.45, 7) is 9.78. The molecular formula is C25H21N3OS. The number of carbonyl (C=O) groups excluding carboxylic acids is 1. The lowest BCUT2D eigenvalue weighted by atomic mass is 9.80. The monoisotopic (exact) mass is 411 g/mol. The summed E-state index contributed by atoms with van der Waals surface area (Å²) in [6, 6.07) is 19.9. The molecule has 2 heterocycles. The summed E-state index contributed by atoms with van der Waals surface area (Å²) in [4.78, 5) is 26.4. The molecule has 0 fully saturated rings. The number of amides is 1. The predicted molar refractivity (Wildman–Crippen MR) is 121 cm³/mol. The topological polar surface area (TPSA) is 37.0 Å². The molecule has 0 bridgehead atoms. The van der Waals surface area contributed by atoms with E-state index in [2.05, 4.69) is 10.9 Å². The van der Waals surface area contributed by atoms with Gasteiger partial charge in [0.15, 0.2) is 11.2 Å². The molecule has 0 saturated carbocycles. The van der Waals surface area contributed by atoms with Crippen molar-refractivity contribution in [2.75, 3.05) is 0 Å². The van der Waals surface area contributed by atoms with Crippen molar-refractivity contribution in [1.29, 1.82) is 0 Å². The van der Waals surface area contributed by atoms with Gasteiger partial charge in [0, 0.05) is 15.3 Å². The summed E-state index contributed by atoms with van der Waals surface area (Å²) in [5.41, 5.74) is 3.04. The minimum Gasteiger partial charge on any atom is -0.294 e. The molecule has 5 rings (SSSR count). The fourth-order valence-electron chi connectivity index (χ4n) is 4.52. The largest absolute Gasteiger partial charge is 0.294 e. The Kier molecular flexibility index (Phi) is 4.52. The van der Waals surface area contributed by atoms with Crippen LogP contribution in [0.2, 0.25) is 0 Å². The van der Waals surface area contributed by atoms with Crippen LogP contribution in [0, 0.1) is 6.57 Å². The molecule has 30 heavy (non-hydrogen) atoms. The number of amidine groups is 1. The van der Waals surface area contributed by atoms with E-state index in [9.17, 15) is 4.79 Å². The molecule has 0 radical (unpaired) electrons. The quantitative estimate of drug-likeness (QED) is 0.490. The molecule has 0 N–H and O–H groups in total. The van der Waals surface area contributed by atoms with Crippen LogP contribution in [0.1, 0.15) is 35.8 Å². The highest BCUT2D eigenvalue weighted by atomic mass is 32.1. The first-order valence-corrected chi connectivity index (χ1v) is 11.0. The van der Waals surface area contributed by atoms with E-state index in [1.807, 2.05) is 66.4 Å². The maximum atomic E-state index is 13.7. The standard InChI is InChI=1S/C25H21N3OS/c1-17-27-25(24(29)28(17)16-18-8-4-3-5-9-18)13-7-12-22-21(25)15-23(30-22)19-10-6-11-20(14-19)26-2/h3-6,8-11,14-15H,7,12-13,16H2,1H3. The van der Waals surface area contributed by atoms with Gasteiger partial charge >= 0.3 is 0 Å². The Hall–Kier alpha value is -3.23. The zero-order valence-electron chi connectivity index (χ0n) is 16.8. The Bertz CT molecular complexity index is 1200. The SMILES string of the molecule is [C-]#[N+]c1cccc(-c2cc3c(s2)CCCC32N=C(C)N(Cc3ccccc3)C2=O)c1. The second kappa shape index (κ2) is 7.23. The van der Waals surface area contributed by atoms with Crippen molar-refractivity contribution in [2.45, 2.75) is 38.3 Å². The highest BCUT2D eigenvalue weighted by molar-refractivity contribution is 7.15. The summed E-state index contributed by atoms with van der Waals surface area (Å²) >= 11 is 1.73. The Morgan fingerprint density at radius 1 is 1.17 bits per heavy atom. The number of hydrogen-bond donors (Lipinski definition) is 0. The number of aliphatic imine (C=N–C) groups is 1. The van der Waals surface area contributed by atoms with Gasteiger partial charge < -0.3 is 0 Å². The van der Waals surface area contributed by atoms with Crippen molar-refractivity contribution in [3.8, 4) is 10.4 Å². The molecule has 148 valence electrons. The summed E-state index contributed by atoms with van der Waals surface area (Å²) in [5, 5.41) is 0. The van der Waals surface area contributed by atoms with Gasteiger partial charge in [-0.1, -0.05) is 48.5 Å². The first-order valence-electron chi connectivity index (χ1n) is 10.1. The molecule has 1 aliphatic carbocycles. The van der Waals surface area contributed by atoms with Crippen LogP contribution >= 0.6 is 11.3 Å². The Morgan fingerprint density at radius 3 is 2.80 bits per heavy atom. The van der Waals surface area contributed by atoms with Crippen LogP contribution in [0.5, 0.6) is 0 Å². The summed E-state index contributed by atoms with van der Waals surface area (Å²) < 4.78 is 0. The van der Waals surface area contributed by atoms with Gasteiger partial charge in [0.1, 0.15) is 5.84 Å². The molecule has 2 aliphatic rings. The van der Waals surface area contributed by atoms with Crippen molar-refractivity contribution < 1.29 is 4.79 Å². The van der Waals surface area contributed by atoms with Gasteiger partial charge in [0.25, 0.3) is 5.91 Å². The van der Waals surface area contributed by atoms with E-state index in [0.29, 0.717) is 12.2 Å². The molecule has 5 heteroatoms. The second-order valence-electron chi connectivity index (χ2n) is 7.86. The number of rotatable bonds is 3. The van der Waals surface area contributed by atoms with Gasteiger partial charge in [-0.05, 0) is 49.4 Å². The minimum absolute atomic E-state index is 0.0871. The number of thiophene rings is 1. The first-order chi connectivity index (χ1) is 14.6. The molecule has 3 aromatic rings. The zero-order valence-corrected chi connectivity index (χ0v) is 17.6. The fourth-order valence-corrected chi connectivity index (χ4v) is 5.79. The van der Waals surface area contributed by atoms with E-state index < -0.39 is 5.54 Å². The molecule has 1 aliphatic heterocycles. The molecule has 1 unspecified atom stereocenters. The summed E-state index contributed by atoms with van der Waals surface area (Å²) in [5.74, 6) is 0.878. The van der Waals surface area contributed by atoms with Crippen LogP contribution < -0.4 is 0 Å². The van der Waals surface area contributed by atoms with Gasteiger partial charge in [-0.15, -0.1) is 11.3 Å². The molecule has 1 amide bonds. The molecule has 1 spiro atoms. The van der Waals surface area contributed by atoms with Crippen LogP contribution in [0.3, 0.4) is 0 Å². The van der Waals surface area contributed by atoms with Crippen molar-refractivity contribution >= 4 is 28.8 Å². The summed E-state index contributed by atoms with van der Waals surface area (Å²) in [7, 11) is 0. The number of benzene rings is 2. The third-order valence-electron chi connectivity index (χ3n) is 5.98. The van der Waals surface area contributed by atoms with Crippen LogP contribution in [0.25, 0.3) is 15.3 Å². The lowest BCUT2D eigenvalue weighted by Crippen LogP contribution is -2.41. The van der Waals surface area contributed by atoms with Crippen LogP contribution in [0.4, 0.5) is 5.69 Å². The Balaban J connectivity index is 1.53. The smallest absolute Gasteiger partial charge is 0.260 e. The number of hydrogen-bond acceptors (Lipinski definition) is 3. The number of nitrogens with zero attached hydrogens (tertiary/aromatic N) is 3. The van der Waals surface area contributed by atoms with Crippen LogP contribution in [-0.2, 0) is 23.3 Å². The van der Waals surface area contributed by atoms with Crippen molar-refractivity contribution in [3.63, 3.8) is 0 Å². The average Bonchev–Trinajstić information content (AvgIpc) is 3.32. The van der Waals surface area contributed by atoms with Gasteiger partial charge in [-0.2, -0.15) is 0 Å². The van der Waals surface area contributed by atoms with E-state index in [0.717, 1.165) is 46.7 Å². The summed E-state index contributed by atoms with van der Waals surface area (Å²) in [6.07, 6.45) is 2.68. The van der Waals surface area contributed by atoms with Gasteiger partial charge in [0.05, 0.1) is 13.1 Å². The average molecular weight is 412 g/mol. The zero-order chi connectivity index (χ0) is 20.7. The van der Waals surface area contributed by atoms with Gasteiger partial charge in [-0.3, -0.25) is 14.7 Å². The fraction of sp³-hybridized carbons (Fsp3) is 0.240. The lowest BCUT2D eigenvalue weighted by molar-refractivity contribution is -0.132. The van der Waals surface area contributed by atoms with Gasteiger partial charge in [0.2, 0.25) is 0 Å². The van der Waals surface area contributed by atoms with E-state index in [4.69, 9.17) is 11.6 Å². The van der Waals surface area contributed by atoms with Gasteiger partial charge in [-0.25, -0.2) is 4.85 Å². The second-order valence-corrected chi connectivity index (χ2v) is 9.00. The van der Waals surface area contributed by atoms with Crippen LogP contribution in [-0.4, -0.2) is 16.6 Å². The highest BCUT2D eigenvalue weighted by Gasteiger charge is 2.51. The van der Waals surface area contributed by atoms with E-state index in [1.165, 1.54) is 4.88 Å². The highest BCUT2D eigenvalue weighted by Crippen LogP contribution is 2.48. The number of aryl methyl sites for hydroxylation is 1. The van der Waals surface area contributed by atoms with E-state index in [1.54, 1.807) is 11.3 Å². The Morgan fingerprint density at radius 2 is 2.00 bits per heavy atom. The maximum absolute atomic E-state index is 13.7. The molecule has 0 saturated heterocycles. The molecule has 1 aromatic heterocycles. The molecular weight excluding hydrogens is 390 g/mol. The van der Waals surface area contributed by atoms with Crippen molar-refractivity contribution in [2.24, 2.45) is 4.99 Å². The lowest BCUT2D eigenvalue weighted by Gasteiger charge is -2.30. The first kappa shape index (κ1) is 18.8. The Labute approximate surface area is 180 Å². The third kappa shape index (κ3) is 2.96. The van der Waals surface area contributed by atoms with Crippen molar-refractivity contribution in [1.82, 2.24) is 4.90 Å². The number of carbonyl (C=O) groups is 1. The minimum atomic E-state index is -0.793. The van der Waals surface area contributed by atoms with Crippen LogP contribution in [0.15, 0.2) is 65.7 Å². The van der Waals surface area contributed by atoms with Crippen molar-refractivity contribution in [3.05, 3.63) is 88.1 Å². The maximum Gasteiger partial charge on any atom is 0.260 e. The third-order valence-corrected chi connectivity index (χ3v) is 7.23. The van der Waals surface area contributed by atoms with E-state index >= 15 is 0 Å². The molecule has 2 aromatic carbocycles. The predicted octanol–water partition coefficient (Wildman–Crippen LogP) is 5.96. The number of fused-ring (bicyclic) bond motifs is 2. The molecule has 4 nitrogen and oxygen atoms in total. The normalized spacial score (nSPS) is 20.2. The van der Waals surface area contributed by atoms with E-state index in [-0.39, 0.29) is 5.91 Å². The molecule has 1 atom stereocenters.